The molecule has 0 atom stereocenters. The van der Waals surface area contributed by atoms with Gasteiger partial charge in [-0.25, -0.2) is 0 Å². The molecule has 1 nitrogen and oxygen atoms in total. The molecule has 1 aromatic heterocycles. The molecule has 0 saturated carbocycles. The number of nitrogen functional groups attached to an aromatic ring is 1. The molecule has 2 rings (SSSR count). The van der Waals surface area contributed by atoms with Crippen molar-refractivity contribution in [3.8, 4) is 0 Å². The van der Waals surface area contributed by atoms with Crippen molar-refractivity contribution in [3.63, 3.8) is 0 Å². The highest BCUT2D eigenvalue weighted by Gasteiger charge is 2.06. The first-order chi connectivity index (χ1) is 5.70. The van der Waals surface area contributed by atoms with E-state index in [1.165, 1.54) is 17.2 Å². The van der Waals surface area contributed by atoms with Crippen LogP contribution in [0.1, 0.15) is 0 Å². The van der Waals surface area contributed by atoms with Gasteiger partial charge in [-0.1, -0.05) is 0 Å². The zero-order chi connectivity index (χ0) is 8.72. The van der Waals surface area contributed by atoms with Crippen molar-refractivity contribution in [1.82, 2.24) is 0 Å². The lowest BCUT2D eigenvalue weighted by atomic mass is 10.2. The molecule has 0 saturated heterocycles. The Bertz CT molecular complexity index is 436. The molecule has 4 heteroatoms. The number of thiophene rings is 1. The third-order valence-electron chi connectivity index (χ3n) is 1.66. The van der Waals surface area contributed by atoms with Gasteiger partial charge < -0.3 is 5.73 Å². The number of halogens is 2. The molecule has 0 bridgehead atoms. The Labute approximate surface area is 102 Å². The number of rotatable bonds is 0. The van der Waals surface area contributed by atoms with Crippen molar-refractivity contribution in [2.45, 2.75) is 0 Å². The first kappa shape index (κ1) is 9.01. The van der Waals surface area contributed by atoms with Crippen LogP contribution in [0.2, 0.25) is 0 Å². The number of hydrogen-bond donors (Lipinski definition) is 1. The van der Waals surface area contributed by atoms with Gasteiger partial charge in [0.2, 0.25) is 0 Å². The molecule has 2 aromatic rings. The third-order valence-corrected chi connectivity index (χ3v) is 5.01. The topological polar surface area (TPSA) is 26.0 Å². The first-order valence-electron chi connectivity index (χ1n) is 3.31. The van der Waals surface area contributed by atoms with E-state index in [1.54, 1.807) is 11.3 Å². The molecule has 0 aliphatic carbocycles. The molecule has 12 heavy (non-hydrogen) atoms. The van der Waals surface area contributed by atoms with Crippen molar-refractivity contribution >= 4 is 72.3 Å². The van der Waals surface area contributed by atoms with Gasteiger partial charge in [0.1, 0.15) is 0 Å². The maximum atomic E-state index is 5.84. The average Bonchev–Trinajstić information content (AvgIpc) is 2.48. The molecule has 0 fully saturated rings. The minimum Gasteiger partial charge on any atom is -0.398 e. The fourth-order valence-corrected chi connectivity index (χ4v) is 3.74. The summed E-state index contributed by atoms with van der Waals surface area (Å²) in [6, 6.07) is 4.17. The molecule has 0 aliphatic rings. The van der Waals surface area contributed by atoms with Crippen LogP contribution in [0.15, 0.2) is 17.5 Å². The maximum absolute atomic E-state index is 5.84. The van der Waals surface area contributed by atoms with Crippen molar-refractivity contribution < 1.29 is 0 Å². The van der Waals surface area contributed by atoms with Gasteiger partial charge in [-0.3, -0.25) is 0 Å². The van der Waals surface area contributed by atoms with Crippen LogP contribution in [0, 0.1) is 7.14 Å². The number of hydrogen-bond acceptors (Lipinski definition) is 2. The molecular weight excluding hydrogens is 396 g/mol. The van der Waals surface area contributed by atoms with E-state index in [4.69, 9.17) is 5.73 Å². The first-order valence-corrected chi connectivity index (χ1v) is 6.34. The molecule has 0 amide bonds. The van der Waals surface area contributed by atoms with Crippen molar-refractivity contribution in [1.29, 1.82) is 0 Å². The summed E-state index contributed by atoms with van der Waals surface area (Å²) in [4.78, 5) is 0. The smallest absolute Gasteiger partial charge is 0.0538 e. The van der Waals surface area contributed by atoms with Crippen molar-refractivity contribution in [3.05, 3.63) is 24.7 Å². The SMILES string of the molecule is Nc1cc(I)c2ccsc2c1I. The summed E-state index contributed by atoms with van der Waals surface area (Å²) in [5, 5.41) is 3.42. The third kappa shape index (κ3) is 1.33. The van der Waals surface area contributed by atoms with Crippen molar-refractivity contribution in [2.24, 2.45) is 0 Å². The van der Waals surface area contributed by atoms with Gasteiger partial charge in [0, 0.05) is 14.6 Å². The Balaban J connectivity index is 2.97. The highest BCUT2D eigenvalue weighted by atomic mass is 127. The lowest BCUT2D eigenvalue weighted by molar-refractivity contribution is 1.70. The minimum atomic E-state index is 0.884. The normalized spacial score (nSPS) is 10.8. The maximum Gasteiger partial charge on any atom is 0.0538 e. The summed E-state index contributed by atoms with van der Waals surface area (Å²) in [5.74, 6) is 0. The highest BCUT2D eigenvalue weighted by molar-refractivity contribution is 14.1. The van der Waals surface area contributed by atoms with E-state index in [0.717, 1.165) is 5.69 Å². The second kappa shape index (κ2) is 3.30. The number of nitrogens with two attached hydrogens (primary N) is 1. The largest absolute Gasteiger partial charge is 0.398 e. The molecule has 0 spiro atoms. The van der Waals surface area contributed by atoms with Crippen molar-refractivity contribution in [2.75, 3.05) is 5.73 Å². The molecular formula is C8H5I2NS. The molecule has 0 aliphatic heterocycles. The van der Waals surface area contributed by atoms with E-state index in [9.17, 15) is 0 Å². The Morgan fingerprint density at radius 3 is 2.83 bits per heavy atom. The van der Waals surface area contributed by atoms with Crippen LogP contribution in [-0.2, 0) is 0 Å². The van der Waals surface area contributed by atoms with E-state index >= 15 is 0 Å². The predicted molar refractivity (Wildman–Crippen MR) is 71.7 cm³/mol. The summed E-state index contributed by atoms with van der Waals surface area (Å²) in [6.07, 6.45) is 0. The lowest BCUT2D eigenvalue weighted by Crippen LogP contribution is -1.90. The fraction of sp³-hybridized carbons (Fsp3) is 0. The summed E-state index contributed by atoms with van der Waals surface area (Å²) in [5.41, 5.74) is 6.72. The average molecular weight is 401 g/mol. The molecule has 0 radical (unpaired) electrons. The minimum absolute atomic E-state index is 0.884. The Hall–Kier alpha value is 0.440. The molecule has 1 heterocycles. The van der Waals surface area contributed by atoms with Gasteiger partial charge in [-0.05, 0) is 62.7 Å². The zero-order valence-electron chi connectivity index (χ0n) is 5.97. The molecule has 1 aromatic carbocycles. The Morgan fingerprint density at radius 2 is 2.08 bits per heavy atom. The molecule has 2 N–H and O–H groups in total. The van der Waals surface area contributed by atoms with Gasteiger partial charge in [-0.15, -0.1) is 11.3 Å². The zero-order valence-corrected chi connectivity index (χ0v) is 11.1. The molecule has 62 valence electrons. The second-order valence-electron chi connectivity index (χ2n) is 2.42. The highest BCUT2D eigenvalue weighted by Crippen LogP contribution is 2.33. The van der Waals surface area contributed by atoms with E-state index in [2.05, 4.69) is 56.6 Å². The van der Waals surface area contributed by atoms with Crippen LogP contribution in [-0.4, -0.2) is 0 Å². The number of anilines is 1. The predicted octanol–water partition coefficient (Wildman–Crippen LogP) is 3.69. The van der Waals surface area contributed by atoms with E-state index in [1.807, 2.05) is 6.07 Å². The van der Waals surface area contributed by atoms with Crippen LogP contribution >= 0.6 is 56.5 Å². The summed E-state index contributed by atoms with van der Waals surface area (Å²) in [6.45, 7) is 0. The Morgan fingerprint density at radius 1 is 1.33 bits per heavy atom. The van der Waals surface area contributed by atoms with E-state index in [-0.39, 0.29) is 0 Å². The van der Waals surface area contributed by atoms with Gasteiger partial charge in [0.15, 0.2) is 0 Å². The van der Waals surface area contributed by atoms with E-state index in [0.29, 0.717) is 0 Å². The van der Waals surface area contributed by atoms with Gasteiger partial charge in [0.05, 0.1) is 8.27 Å². The Kier molecular flexibility index (Phi) is 2.48. The van der Waals surface area contributed by atoms with Crippen LogP contribution in [0.3, 0.4) is 0 Å². The van der Waals surface area contributed by atoms with Crippen LogP contribution in [0.25, 0.3) is 10.1 Å². The summed E-state index contributed by atoms with van der Waals surface area (Å²) < 4.78 is 3.72. The number of benzene rings is 1. The fourth-order valence-electron chi connectivity index (χ4n) is 1.08. The number of fused-ring (bicyclic) bond motifs is 1. The lowest BCUT2D eigenvalue weighted by Gasteiger charge is -2.01. The van der Waals surface area contributed by atoms with E-state index < -0.39 is 0 Å². The van der Waals surface area contributed by atoms with Crippen LogP contribution in [0.4, 0.5) is 5.69 Å². The summed E-state index contributed by atoms with van der Waals surface area (Å²) >= 11 is 6.37. The quantitative estimate of drug-likeness (QED) is 0.529. The van der Waals surface area contributed by atoms with Gasteiger partial charge in [0.25, 0.3) is 0 Å². The standard InChI is InChI=1S/C8H5I2NS/c9-5-3-6(11)7(10)8-4(5)1-2-12-8/h1-3H,11H2. The van der Waals surface area contributed by atoms with Gasteiger partial charge >= 0.3 is 0 Å². The second-order valence-corrected chi connectivity index (χ2v) is 5.58. The van der Waals surface area contributed by atoms with Crippen LogP contribution < -0.4 is 5.73 Å². The van der Waals surface area contributed by atoms with Gasteiger partial charge in [-0.2, -0.15) is 0 Å². The monoisotopic (exact) mass is 401 g/mol. The summed E-state index contributed by atoms with van der Waals surface area (Å²) in [7, 11) is 0. The van der Waals surface area contributed by atoms with Crippen LogP contribution in [0.5, 0.6) is 0 Å². The molecule has 0 unspecified atom stereocenters.